The number of amides is 1. The Labute approximate surface area is 199 Å². The number of anilines is 1. The highest BCUT2D eigenvalue weighted by atomic mass is 79.9. The summed E-state index contributed by atoms with van der Waals surface area (Å²) in [5.74, 6) is 0.669. The zero-order valence-corrected chi connectivity index (χ0v) is 20.6. The third-order valence-electron chi connectivity index (χ3n) is 4.21. The fourth-order valence-corrected chi connectivity index (χ4v) is 5.82. The van der Waals surface area contributed by atoms with Gasteiger partial charge in [0.25, 0.3) is 0 Å². The van der Waals surface area contributed by atoms with E-state index >= 15 is 0 Å². The maximum Gasteiger partial charge on any atom is 0.239 e. The van der Waals surface area contributed by atoms with E-state index in [1.165, 1.54) is 23.1 Å². The van der Waals surface area contributed by atoms with Gasteiger partial charge in [-0.3, -0.25) is 9.79 Å². The average molecular weight is 533 g/mol. The number of thiazole rings is 2. The first-order valence-electron chi connectivity index (χ1n) is 9.17. The Hall–Kier alpha value is -2.27. The van der Waals surface area contributed by atoms with E-state index < -0.39 is 0 Å². The second-order valence-electron chi connectivity index (χ2n) is 6.36. The average Bonchev–Trinajstić information content (AvgIpc) is 3.41. The maximum atomic E-state index is 12.4. The zero-order chi connectivity index (χ0) is 21.8. The van der Waals surface area contributed by atoms with E-state index in [-0.39, 0.29) is 11.2 Å². The molecule has 1 atom stereocenters. The quantitative estimate of drug-likeness (QED) is 0.220. The predicted molar refractivity (Wildman–Crippen MR) is 134 cm³/mol. The van der Waals surface area contributed by atoms with Crippen LogP contribution in [-0.4, -0.2) is 34.4 Å². The normalized spacial score (nSPS) is 12.4. The molecule has 0 aliphatic carbocycles. The summed E-state index contributed by atoms with van der Waals surface area (Å²) >= 11 is 7.86. The summed E-state index contributed by atoms with van der Waals surface area (Å²) < 4.78 is 8.21. The Kier molecular flexibility index (Phi) is 7.01. The van der Waals surface area contributed by atoms with Gasteiger partial charge in [-0.05, 0) is 43.3 Å². The van der Waals surface area contributed by atoms with Crippen molar-refractivity contribution in [3.05, 3.63) is 58.0 Å². The number of halogens is 1. The van der Waals surface area contributed by atoms with Gasteiger partial charge in [0.1, 0.15) is 5.75 Å². The summed E-state index contributed by atoms with van der Waals surface area (Å²) in [6.07, 6.45) is 3.45. The van der Waals surface area contributed by atoms with Gasteiger partial charge in [-0.2, -0.15) is 0 Å². The Morgan fingerprint density at radius 3 is 2.97 bits per heavy atom. The van der Waals surface area contributed by atoms with Crippen LogP contribution in [0.4, 0.5) is 10.8 Å². The van der Waals surface area contributed by atoms with Gasteiger partial charge >= 0.3 is 0 Å². The minimum atomic E-state index is -0.286. The smallest absolute Gasteiger partial charge is 0.239 e. The fourth-order valence-electron chi connectivity index (χ4n) is 2.67. The van der Waals surface area contributed by atoms with Crippen molar-refractivity contribution in [2.75, 3.05) is 12.4 Å². The number of fused-ring (bicyclic) bond motifs is 1. The van der Waals surface area contributed by atoms with Crippen LogP contribution in [0.5, 0.6) is 5.75 Å². The molecule has 2 aromatic carbocycles. The van der Waals surface area contributed by atoms with E-state index in [9.17, 15) is 4.79 Å². The van der Waals surface area contributed by atoms with Gasteiger partial charge in [0.05, 0.1) is 28.3 Å². The van der Waals surface area contributed by atoms with Crippen molar-refractivity contribution in [2.45, 2.75) is 16.5 Å². The summed E-state index contributed by atoms with van der Waals surface area (Å²) in [5.41, 5.74) is 2.60. The molecular weight excluding hydrogens is 516 g/mol. The van der Waals surface area contributed by atoms with Crippen LogP contribution in [0.1, 0.15) is 12.5 Å². The number of ether oxygens (including phenoxy) is 1. The number of rotatable bonds is 7. The molecule has 4 aromatic rings. The van der Waals surface area contributed by atoms with Crippen LogP contribution in [0.15, 0.2) is 61.8 Å². The van der Waals surface area contributed by atoms with Crippen molar-refractivity contribution in [2.24, 2.45) is 4.99 Å². The van der Waals surface area contributed by atoms with Gasteiger partial charge in [0.2, 0.25) is 5.91 Å². The van der Waals surface area contributed by atoms with Gasteiger partial charge in [-0.1, -0.05) is 27.7 Å². The molecule has 1 N–H and O–H groups in total. The minimum absolute atomic E-state index is 0.0903. The number of nitrogens with zero attached hydrogens (tertiary/aromatic N) is 3. The van der Waals surface area contributed by atoms with Crippen molar-refractivity contribution < 1.29 is 9.53 Å². The molecule has 0 aliphatic rings. The van der Waals surface area contributed by atoms with E-state index in [1.54, 1.807) is 30.9 Å². The first-order valence-corrected chi connectivity index (χ1v) is 12.5. The molecule has 2 aromatic heterocycles. The maximum absolute atomic E-state index is 12.4. The molecular formula is C21H17BrN4O2S3. The van der Waals surface area contributed by atoms with Crippen molar-refractivity contribution in [1.29, 1.82) is 0 Å². The number of nitrogens with one attached hydrogen (secondary N) is 1. The number of aliphatic imine (C=N–C) groups is 1. The SMILES string of the molecule is COc1ccc(Br)cc1C=Nc1ccc2nc(S[C@H](C)C(=O)Nc3nccs3)sc2c1. The number of hydrogen-bond acceptors (Lipinski definition) is 8. The number of benzene rings is 2. The number of hydrogen-bond donors (Lipinski definition) is 1. The molecule has 4 rings (SSSR count). The molecule has 0 bridgehead atoms. The fraction of sp³-hybridized carbons (Fsp3) is 0.143. The Morgan fingerprint density at radius 1 is 1.32 bits per heavy atom. The van der Waals surface area contributed by atoms with Crippen molar-refractivity contribution in [3.63, 3.8) is 0 Å². The topological polar surface area (TPSA) is 76.5 Å². The zero-order valence-electron chi connectivity index (χ0n) is 16.5. The minimum Gasteiger partial charge on any atom is -0.496 e. The molecule has 1 amide bonds. The third-order valence-corrected chi connectivity index (χ3v) is 7.60. The first kappa shape index (κ1) is 21.9. The Balaban J connectivity index is 1.48. The number of thioether (sulfide) groups is 1. The van der Waals surface area contributed by atoms with Gasteiger partial charge in [-0.25, -0.2) is 9.97 Å². The molecule has 0 saturated heterocycles. The summed E-state index contributed by atoms with van der Waals surface area (Å²) in [6.45, 7) is 1.86. The summed E-state index contributed by atoms with van der Waals surface area (Å²) in [6, 6.07) is 11.7. The summed E-state index contributed by atoms with van der Waals surface area (Å²) in [7, 11) is 1.64. The van der Waals surface area contributed by atoms with Crippen LogP contribution in [-0.2, 0) is 4.79 Å². The number of aromatic nitrogens is 2. The molecule has 158 valence electrons. The Bertz CT molecular complexity index is 1240. The van der Waals surface area contributed by atoms with Gasteiger partial charge < -0.3 is 10.1 Å². The molecule has 0 unspecified atom stereocenters. The lowest BCUT2D eigenvalue weighted by atomic mass is 10.2. The molecule has 6 nitrogen and oxygen atoms in total. The van der Waals surface area contributed by atoms with Crippen molar-refractivity contribution in [3.8, 4) is 5.75 Å². The number of methoxy groups -OCH3 is 1. The van der Waals surface area contributed by atoms with Crippen LogP contribution in [0, 0.1) is 0 Å². The van der Waals surface area contributed by atoms with E-state index in [1.807, 2.05) is 48.7 Å². The molecule has 0 radical (unpaired) electrons. The highest BCUT2D eigenvalue weighted by Crippen LogP contribution is 2.34. The summed E-state index contributed by atoms with van der Waals surface area (Å²) in [4.78, 5) is 25.7. The number of carbonyl (C=O) groups is 1. The first-order chi connectivity index (χ1) is 15.0. The van der Waals surface area contributed by atoms with Crippen LogP contribution in [0.25, 0.3) is 10.2 Å². The second-order valence-corrected chi connectivity index (χ2v) is 10.8. The molecule has 10 heteroatoms. The lowest BCUT2D eigenvalue weighted by Crippen LogP contribution is -2.22. The van der Waals surface area contributed by atoms with E-state index in [0.717, 1.165) is 36.0 Å². The van der Waals surface area contributed by atoms with Crippen LogP contribution < -0.4 is 10.1 Å². The second kappa shape index (κ2) is 9.90. The lowest BCUT2D eigenvalue weighted by molar-refractivity contribution is -0.115. The predicted octanol–water partition coefficient (Wildman–Crippen LogP) is 6.39. The van der Waals surface area contributed by atoms with Gasteiger partial charge in [0.15, 0.2) is 9.47 Å². The molecule has 0 fully saturated rings. The van der Waals surface area contributed by atoms with E-state index in [4.69, 9.17) is 4.74 Å². The summed E-state index contributed by atoms with van der Waals surface area (Å²) in [5, 5.41) is 4.97. The van der Waals surface area contributed by atoms with Crippen molar-refractivity contribution in [1.82, 2.24) is 9.97 Å². The van der Waals surface area contributed by atoms with Crippen molar-refractivity contribution >= 4 is 83.5 Å². The molecule has 0 spiro atoms. The lowest BCUT2D eigenvalue weighted by Gasteiger charge is -2.07. The molecule has 0 saturated carbocycles. The molecule has 0 aliphatic heterocycles. The van der Waals surface area contributed by atoms with E-state index in [2.05, 4.69) is 36.2 Å². The largest absolute Gasteiger partial charge is 0.496 e. The third kappa shape index (κ3) is 5.51. The van der Waals surface area contributed by atoms with Gasteiger partial charge in [-0.15, -0.1) is 22.7 Å². The highest BCUT2D eigenvalue weighted by molar-refractivity contribution is 9.10. The standard InChI is InChI=1S/C21H17BrN4O2S3/c1-12(19(27)26-20-23-7-8-29-20)30-21-25-16-5-4-15(10-18(16)31-21)24-11-13-9-14(22)3-6-17(13)28-2/h3-12H,1-2H3,(H,23,26,27)/t12-/m1/s1. The molecule has 2 heterocycles. The van der Waals surface area contributed by atoms with E-state index in [0.29, 0.717) is 5.13 Å². The van der Waals surface area contributed by atoms with Crippen LogP contribution in [0.2, 0.25) is 0 Å². The molecule has 31 heavy (non-hydrogen) atoms. The monoisotopic (exact) mass is 532 g/mol. The van der Waals surface area contributed by atoms with Gasteiger partial charge in [0, 0.05) is 27.8 Å². The van der Waals surface area contributed by atoms with Crippen LogP contribution >= 0.6 is 50.4 Å². The van der Waals surface area contributed by atoms with Crippen LogP contribution in [0.3, 0.4) is 0 Å². The highest BCUT2D eigenvalue weighted by Gasteiger charge is 2.18. The number of carbonyl (C=O) groups excluding carboxylic acids is 1. The Morgan fingerprint density at radius 2 is 2.19 bits per heavy atom.